The van der Waals surface area contributed by atoms with Crippen molar-refractivity contribution in [2.75, 3.05) is 16.8 Å². The third-order valence-electron chi connectivity index (χ3n) is 5.63. The molecule has 1 atom stereocenters. The third-order valence-corrected chi connectivity index (χ3v) is 5.63. The molecule has 3 amide bonds. The molecule has 1 aliphatic heterocycles. The van der Waals surface area contributed by atoms with Crippen molar-refractivity contribution >= 4 is 29.1 Å². The van der Waals surface area contributed by atoms with Gasteiger partial charge in [0.1, 0.15) is 0 Å². The fraction of sp³-hybridized carbons (Fsp3) is 0.192. The van der Waals surface area contributed by atoms with Crippen molar-refractivity contribution in [1.82, 2.24) is 5.32 Å². The van der Waals surface area contributed by atoms with Crippen LogP contribution in [0.4, 0.5) is 11.4 Å². The van der Waals surface area contributed by atoms with Gasteiger partial charge in [0.2, 0.25) is 0 Å². The highest BCUT2D eigenvalue weighted by molar-refractivity contribution is 6.25. The summed E-state index contributed by atoms with van der Waals surface area (Å²) in [5.74, 6) is -1.44. The Balaban J connectivity index is 1.70. The fourth-order valence-corrected chi connectivity index (χ4v) is 4.07. The smallest absolute Gasteiger partial charge is 0.261 e. The van der Waals surface area contributed by atoms with E-state index in [9.17, 15) is 14.4 Å². The van der Waals surface area contributed by atoms with E-state index >= 15 is 0 Å². The van der Waals surface area contributed by atoms with Crippen LogP contribution in [-0.4, -0.2) is 30.3 Å². The standard InChI is InChI=1S/C26H25N3O3/c1-17-9-8-10-18(2)22(17)29-23(24(30)27-16-15-19-11-4-3-5-12-19)25(31)28-21-14-7-6-13-20(21)26(29)32/h3-14,23H,15-16H2,1-2H3,(H,27,30)(H,28,31). The first-order chi connectivity index (χ1) is 15.5. The van der Waals surface area contributed by atoms with Gasteiger partial charge in [-0.05, 0) is 49.1 Å². The van der Waals surface area contributed by atoms with Crippen molar-refractivity contribution in [2.24, 2.45) is 0 Å². The van der Waals surface area contributed by atoms with Crippen LogP contribution >= 0.6 is 0 Å². The molecule has 0 saturated heterocycles. The molecule has 1 heterocycles. The van der Waals surface area contributed by atoms with Crippen LogP contribution in [0, 0.1) is 13.8 Å². The van der Waals surface area contributed by atoms with Gasteiger partial charge in [-0.1, -0.05) is 60.7 Å². The molecule has 3 aromatic rings. The highest BCUT2D eigenvalue weighted by atomic mass is 16.2. The van der Waals surface area contributed by atoms with E-state index in [0.717, 1.165) is 16.7 Å². The highest BCUT2D eigenvalue weighted by Gasteiger charge is 2.41. The van der Waals surface area contributed by atoms with E-state index in [0.29, 0.717) is 29.9 Å². The van der Waals surface area contributed by atoms with Gasteiger partial charge in [-0.2, -0.15) is 0 Å². The summed E-state index contributed by atoms with van der Waals surface area (Å²) in [7, 11) is 0. The van der Waals surface area contributed by atoms with Gasteiger partial charge in [0.05, 0.1) is 16.9 Å². The number of nitrogens with zero attached hydrogens (tertiary/aromatic N) is 1. The lowest BCUT2D eigenvalue weighted by molar-refractivity contribution is -0.128. The second kappa shape index (κ2) is 9.06. The van der Waals surface area contributed by atoms with Crippen LogP contribution in [0.3, 0.4) is 0 Å². The van der Waals surface area contributed by atoms with E-state index in [1.54, 1.807) is 24.3 Å². The maximum absolute atomic E-state index is 13.7. The summed E-state index contributed by atoms with van der Waals surface area (Å²) in [6.45, 7) is 4.09. The first kappa shape index (κ1) is 21.3. The predicted octanol–water partition coefficient (Wildman–Crippen LogP) is 3.63. The topological polar surface area (TPSA) is 78.5 Å². The van der Waals surface area contributed by atoms with Gasteiger partial charge < -0.3 is 10.6 Å². The molecule has 1 unspecified atom stereocenters. The van der Waals surface area contributed by atoms with Gasteiger partial charge in [0.25, 0.3) is 17.7 Å². The molecule has 4 rings (SSSR count). The number of hydrogen-bond acceptors (Lipinski definition) is 3. The van der Waals surface area contributed by atoms with E-state index in [2.05, 4.69) is 10.6 Å². The summed E-state index contributed by atoms with van der Waals surface area (Å²) in [4.78, 5) is 41.5. The Hall–Kier alpha value is -3.93. The second-order valence-corrected chi connectivity index (χ2v) is 7.88. The number of anilines is 2. The van der Waals surface area contributed by atoms with Gasteiger partial charge in [-0.3, -0.25) is 19.3 Å². The molecule has 0 spiro atoms. The summed E-state index contributed by atoms with van der Waals surface area (Å²) in [5.41, 5.74) is 4.03. The molecule has 6 nitrogen and oxygen atoms in total. The normalized spacial score (nSPS) is 15.6. The summed E-state index contributed by atoms with van der Waals surface area (Å²) < 4.78 is 0. The van der Waals surface area contributed by atoms with Gasteiger partial charge in [-0.15, -0.1) is 0 Å². The van der Waals surface area contributed by atoms with Gasteiger partial charge in [0.15, 0.2) is 6.04 Å². The zero-order valence-corrected chi connectivity index (χ0v) is 18.1. The summed E-state index contributed by atoms with van der Waals surface area (Å²) in [6.07, 6.45) is 0.623. The minimum absolute atomic E-state index is 0.350. The van der Waals surface area contributed by atoms with Crippen LogP contribution in [-0.2, 0) is 16.0 Å². The van der Waals surface area contributed by atoms with Crippen molar-refractivity contribution in [3.8, 4) is 0 Å². The highest BCUT2D eigenvalue weighted by Crippen LogP contribution is 2.32. The number of hydrogen-bond donors (Lipinski definition) is 2. The minimum Gasteiger partial charge on any atom is -0.353 e. The molecule has 0 aromatic heterocycles. The van der Waals surface area contributed by atoms with Crippen LogP contribution in [0.1, 0.15) is 27.0 Å². The molecule has 2 N–H and O–H groups in total. The average molecular weight is 428 g/mol. The number of carbonyl (C=O) groups is 3. The first-order valence-electron chi connectivity index (χ1n) is 10.6. The van der Waals surface area contributed by atoms with Crippen LogP contribution in [0.2, 0.25) is 0 Å². The summed E-state index contributed by atoms with van der Waals surface area (Å²) >= 11 is 0. The van der Waals surface area contributed by atoms with E-state index in [4.69, 9.17) is 0 Å². The molecule has 3 aromatic carbocycles. The van der Waals surface area contributed by atoms with Gasteiger partial charge >= 0.3 is 0 Å². The maximum Gasteiger partial charge on any atom is 0.261 e. The largest absolute Gasteiger partial charge is 0.353 e. The van der Waals surface area contributed by atoms with Crippen molar-refractivity contribution < 1.29 is 14.4 Å². The lowest BCUT2D eigenvalue weighted by Gasteiger charge is -2.30. The van der Waals surface area contributed by atoms with Crippen LogP contribution in [0.25, 0.3) is 0 Å². The van der Waals surface area contributed by atoms with Crippen LogP contribution in [0.5, 0.6) is 0 Å². The van der Waals surface area contributed by atoms with Crippen molar-refractivity contribution in [3.63, 3.8) is 0 Å². The quantitative estimate of drug-likeness (QED) is 0.611. The van der Waals surface area contributed by atoms with Gasteiger partial charge in [0, 0.05) is 6.54 Å². The summed E-state index contributed by atoms with van der Waals surface area (Å²) in [6, 6.07) is 20.9. The fourth-order valence-electron chi connectivity index (χ4n) is 4.07. The predicted molar refractivity (Wildman–Crippen MR) is 125 cm³/mol. The van der Waals surface area contributed by atoms with Crippen molar-refractivity contribution in [3.05, 3.63) is 95.1 Å². The number of fused-ring (bicyclic) bond motifs is 1. The molecule has 0 saturated carbocycles. The second-order valence-electron chi connectivity index (χ2n) is 7.88. The number of para-hydroxylation sites is 2. The van der Waals surface area contributed by atoms with E-state index in [1.807, 2.05) is 62.4 Å². The molecule has 162 valence electrons. The number of carbonyl (C=O) groups excluding carboxylic acids is 3. The van der Waals surface area contributed by atoms with E-state index in [1.165, 1.54) is 4.90 Å². The molecule has 0 radical (unpaired) electrons. The molecule has 1 aliphatic rings. The number of benzene rings is 3. The van der Waals surface area contributed by atoms with Crippen LogP contribution < -0.4 is 15.5 Å². The molecule has 32 heavy (non-hydrogen) atoms. The number of aryl methyl sites for hydroxylation is 2. The zero-order valence-electron chi connectivity index (χ0n) is 18.1. The summed E-state index contributed by atoms with van der Waals surface area (Å²) in [5, 5.41) is 5.62. The average Bonchev–Trinajstić information content (AvgIpc) is 2.89. The lowest BCUT2D eigenvalue weighted by atomic mass is 10.0. The lowest BCUT2D eigenvalue weighted by Crippen LogP contribution is -2.55. The van der Waals surface area contributed by atoms with Crippen LogP contribution in [0.15, 0.2) is 72.8 Å². The Bertz CT molecular complexity index is 1150. The van der Waals surface area contributed by atoms with Gasteiger partial charge in [-0.25, -0.2) is 0 Å². The molecular weight excluding hydrogens is 402 g/mol. The van der Waals surface area contributed by atoms with Crippen molar-refractivity contribution in [1.29, 1.82) is 0 Å². The SMILES string of the molecule is Cc1cccc(C)c1N1C(=O)c2ccccc2NC(=O)C1C(=O)NCCc1ccccc1. The number of rotatable bonds is 5. The molecule has 0 bridgehead atoms. The number of nitrogens with one attached hydrogen (secondary N) is 2. The monoisotopic (exact) mass is 427 g/mol. The van der Waals surface area contributed by atoms with E-state index in [-0.39, 0.29) is 5.91 Å². The van der Waals surface area contributed by atoms with E-state index < -0.39 is 17.9 Å². The Kier molecular flexibility index (Phi) is 6.03. The first-order valence-corrected chi connectivity index (χ1v) is 10.6. The Labute approximate surface area is 187 Å². The molecule has 6 heteroatoms. The Morgan fingerprint density at radius 2 is 1.56 bits per heavy atom. The Morgan fingerprint density at radius 1 is 0.906 bits per heavy atom. The number of amides is 3. The Morgan fingerprint density at radius 3 is 2.28 bits per heavy atom. The third kappa shape index (κ3) is 4.12. The molecule has 0 aliphatic carbocycles. The minimum atomic E-state index is -1.33. The maximum atomic E-state index is 13.7. The molecule has 0 fully saturated rings. The van der Waals surface area contributed by atoms with Crippen molar-refractivity contribution in [2.45, 2.75) is 26.3 Å². The molecular formula is C26H25N3O3. The zero-order chi connectivity index (χ0) is 22.7.